The summed E-state index contributed by atoms with van der Waals surface area (Å²) >= 11 is 6.35. The van der Waals surface area contributed by atoms with Crippen LogP contribution in [0.2, 0.25) is 0 Å². The molecule has 5 atom stereocenters. The molecule has 2 heterocycles. The summed E-state index contributed by atoms with van der Waals surface area (Å²) in [5, 5.41) is 23.8. The number of hydrogen-bond donors (Lipinski definition) is 3. The van der Waals surface area contributed by atoms with E-state index in [-0.39, 0.29) is 5.82 Å². The summed E-state index contributed by atoms with van der Waals surface area (Å²) < 4.78 is 6.34. The van der Waals surface area contributed by atoms with Gasteiger partial charge in [-0.3, -0.25) is 0 Å². The molecule has 0 aliphatic carbocycles. The van der Waals surface area contributed by atoms with Gasteiger partial charge in [0.15, 0.2) is 11.1 Å². The summed E-state index contributed by atoms with van der Waals surface area (Å²) in [4.78, 5) is 13.8. The van der Waals surface area contributed by atoms with E-state index in [0.717, 1.165) is 10.9 Å². The lowest BCUT2D eigenvalue weighted by molar-refractivity contribution is -0.0809. The number of nitrogen functional groups attached to an aromatic ring is 1. The van der Waals surface area contributed by atoms with Crippen molar-refractivity contribution in [2.24, 2.45) is 0 Å². The van der Waals surface area contributed by atoms with Gasteiger partial charge in [0.25, 0.3) is 0 Å². The van der Waals surface area contributed by atoms with Crippen molar-refractivity contribution in [1.29, 1.82) is 0 Å². The molecular formula is C12H15ClN4O4. The van der Waals surface area contributed by atoms with E-state index in [9.17, 15) is 15.0 Å². The van der Waals surface area contributed by atoms with E-state index < -0.39 is 35.1 Å². The van der Waals surface area contributed by atoms with Gasteiger partial charge in [0.2, 0.25) is 0 Å². The van der Waals surface area contributed by atoms with Gasteiger partial charge in [-0.15, -0.1) is 5.92 Å². The summed E-state index contributed by atoms with van der Waals surface area (Å²) in [5.74, 6) is 5.14. The van der Waals surface area contributed by atoms with Gasteiger partial charge < -0.3 is 20.7 Å². The van der Waals surface area contributed by atoms with Gasteiger partial charge >= 0.3 is 5.69 Å². The number of hydrogen-bond acceptors (Lipinski definition) is 7. The maximum Gasteiger partial charge on any atom is 0.368 e. The third-order valence-electron chi connectivity index (χ3n) is 3.14. The van der Waals surface area contributed by atoms with Crippen LogP contribution in [0.5, 0.6) is 0 Å². The molecule has 0 spiro atoms. The first-order chi connectivity index (χ1) is 9.81. The van der Waals surface area contributed by atoms with Crippen LogP contribution in [-0.4, -0.2) is 48.2 Å². The molecule has 8 nitrogen and oxygen atoms in total. The first-order valence-corrected chi connectivity index (χ1v) is 6.54. The molecule has 21 heavy (non-hydrogen) atoms. The van der Waals surface area contributed by atoms with Gasteiger partial charge in [0.05, 0.1) is 12.3 Å². The van der Waals surface area contributed by atoms with Crippen LogP contribution < -0.4 is 11.4 Å². The molecule has 2 rings (SSSR count). The molecule has 1 fully saturated rings. The molecule has 0 amide bonds. The molecule has 9 heteroatoms. The Hall–Kier alpha value is -1.66. The van der Waals surface area contributed by atoms with E-state index in [1.807, 2.05) is 0 Å². The van der Waals surface area contributed by atoms with Crippen molar-refractivity contribution < 1.29 is 14.9 Å². The van der Waals surface area contributed by atoms with E-state index in [2.05, 4.69) is 21.9 Å². The molecule has 0 bridgehead atoms. The second-order valence-electron chi connectivity index (χ2n) is 4.69. The van der Waals surface area contributed by atoms with Crippen LogP contribution in [0.25, 0.3) is 0 Å². The molecular weight excluding hydrogens is 300 g/mol. The summed E-state index contributed by atoms with van der Waals surface area (Å²) in [6.45, 7) is 2.96. The lowest BCUT2D eigenvalue weighted by Gasteiger charge is -2.24. The topological polar surface area (TPSA) is 123 Å². The van der Waals surface area contributed by atoms with Gasteiger partial charge in [-0.2, -0.15) is 14.8 Å². The van der Waals surface area contributed by atoms with Gasteiger partial charge in [-0.05, 0) is 13.8 Å². The van der Waals surface area contributed by atoms with Crippen molar-refractivity contribution in [2.45, 2.75) is 43.3 Å². The predicted molar refractivity (Wildman–Crippen MR) is 74.3 cm³/mol. The molecule has 1 aliphatic heterocycles. The zero-order valence-corrected chi connectivity index (χ0v) is 12.2. The lowest BCUT2D eigenvalue weighted by Crippen LogP contribution is -2.45. The maximum absolute atomic E-state index is 11.9. The molecule has 1 aliphatic rings. The van der Waals surface area contributed by atoms with Crippen LogP contribution in [0.1, 0.15) is 20.1 Å². The first-order valence-electron chi connectivity index (χ1n) is 6.17. The van der Waals surface area contributed by atoms with E-state index in [1.54, 1.807) is 0 Å². The summed E-state index contributed by atoms with van der Waals surface area (Å²) in [6, 6.07) is 0. The SMILES string of the molecule is CC#CC1(Cl)C(O)[C@@H]([C@H](C)O)O[C@H]1n1ncc(N)nc1=O. The average molecular weight is 315 g/mol. The Morgan fingerprint density at radius 2 is 2.33 bits per heavy atom. The van der Waals surface area contributed by atoms with Crippen molar-refractivity contribution in [1.82, 2.24) is 14.8 Å². The minimum absolute atomic E-state index is 0.0522. The van der Waals surface area contributed by atoms with Crippen molar-refractivity contribution in [2.75, 3.05) is 5.73 Å². The highest BCUT2D eigenvalue weighted by Crippen LogP contribution is 2.43. The van der Waals surface area contributed by atoms with Crippen molar-refractivity contribution in [3.05, 3.63) is 16.7 Å². The predicted octanol–water partition coefficient (Wildman–Crippen LogP) is -1.14. The van der Waals surface area contributed by atoms with Gasteiger partial charge in [-0.25, -0.2) is 4.79 Å². The smallest absolute Gasteiger partial charge is 0.368 e. The number of anilines is 1. The molecule has 2 unspecified atom stereocenters. The Kier molecular flexibility index (Phi) is 4.20. The molecule has 1 aromatic heterocycles. The molecule has 4 N–H and O–H groups in total. The molecule has 0 radical (unpaired) electrons. The molecule has 1 aromatic rings. The fourth-order valence-electron chi connectivity index (χ4n) is 2.17. The van der Waals surface area contributed by atoms with Crippen LogP contribution in [0.3, 0.4) is 0 Å². The highest BCUT2D eigenvalue weighted by atomic mass is 35.5. The first kappa shape index (κ1) is 15.7. The normalized spacial score (nSPS) is 33.3. The van der Waals surface area contributed by atoms with E-state index >= 15 is 0 Å². The maximum atomic E-state index is 11.9. The number of nitrogens with zero attached hydrogens (tertiary/aromatic N) is 3. The van der Waals surface area contributed by atoms with Gasteiger partial charge in [0, 0.05) is 0 Å². The zero-order valence-electron chi connectivity index (χ0n) is 11.4. The van der Waals surface area contributed by atoms with Crippen LogP contribution in [0.4, 0.5) is 5.82 Å². The fourth-order valence-corrected chi connectivity index (χ4v) is 2.53. The third-order valence-corrected chi connectivity index (χ3v) is 3.64. The Morgan fingerprint density at radius 1 is 1.67 bits per heavy atom. The highest BCUT2D eigenvalue weighted by molar-refractivity contribution is 6.27. The fraction of sp³-hybridized carbons (Fsp3) is 0.583. The average Bonchev–Trinajstić information content (AvgIpc) is 2.64. The van der Waals surface area contributed by atoms with Crippen LogP contribution in [0.15, 0.2) is 11.0 Å². The van der Waals surface area contributed by atoms with Crippen molar-refractivity contribution in [3.63, 3.8) is 0 Å². The number of alkyl halides is 1. The monoisotopic (exact) mass is 314 g/mol. The molecule has 0 saturated carbocycles. The summed E-state index contributed by atoms with van der Waals surface area (Å²) in [7, 11) is 0. The van der Waals surface area contributed by atoms with E-state index in [0.29, 0.717) is 0 Å². The van der Waals surface area contributed by atoms with Crippen LogP contribution >= 0.6 is 11.6 Å². The summed E-state index contributed by atoms with van der Waals surface area (Å²) in [5.41, 5.74) is 4.59. The quantitative estimate of drug-likeness (QED) is 0.465. The minimum atomic E-state index is -1.63. The second-order valence-corrected chi connectivity index (χ2v) is 5.32. The Bertz CT molecular complexity index is 653. The van der Waals surface area contributed by atoms with Gasteiger partial charge in [0.1, 0.15) is 18.0 Å². The highest BCUT2D eigenvalue weighted by Gasteiger charge is 2.57. The minimum Gasteiger partial charge on any atom is -0.391 e. The Morgan fingerprint density at radius 3 is 2.86 bits per heavy atom. The lowest BCUT2D eigenvalue weighted by atomic mass is 9.97. The van der Waals surface area contributed by atoms with Crippen molar-refractivity contribution >= 4 is 17.4 Å². The number of halogens is 1. The number of aromatic nitrogens is 3. The number of aliphatic hydroxyl groups excluding tert-OH is 2. The van der Waals surface area contributed by atoms with E-state index in [1.165, 1.54) is 13.8 Å². The standard InChI is InChI=1S/C12H15ClN4O4/c1-3-4-12(13)9(19)8(6(2)18)21-10(12)17-11(20)16-7(14)5-15-17/h5-6,8-10,18-19H,1-2H3,(H2,14,16,20)/t6-,8+,9?,10+,12?/m0/s1. The third kappa shape index (κ3) is 2.61. The Balaban J connectivity index is 2.54. The van der Waals surface area contributed by atoms with Crippen LogP contribution in [0, 0.1) is 11.8 Å². The second kappa shape index (κ2) is 5.61. The Labute approximate surface area is 125 Å². The molecule has 1 saturated heterocycles. The van der Waals surface area contributed by atoms with E-state index in [4.69, 9.17) is 22.1 Å². The largest absolute Gasteiger partial charge is 0.391 e. The van der Waals surface area contributed by atoms with Crippen LogP contribution in [-0.2, 0) is 4.74 Å². The number of rotatable bonds is 2. The molecule has 114 valence electrons. The number of nitrogens with two attached hydrogens (primary N) is 1. The summed E-state index contributed by atoms with van der Waals surface area (Å²) in [6.07, 6.45) is -3.40. The zero-order chi connectivity index (χ0) is 15.8. The number of aliphatic hydroxyl groups is 2. The van der Waals surface area contributed by atoms with Gasteiger partial charge in [-0.1, -0.05) is 17.5 Å². The molecule has 0 aromatic carbocycles. The number of ether oxygens (including phenoxy) is 1. The van der Waals surface area contributed by atoms with Crippen molar-refractivity contribution in [3.8, 4) is 11.8 Å².